The summed E-state index contributed by atoms with van der Waals surface area (Å²) in [5, 5.41) is 1.06. The molecule has 90 valence electrons. The third-order valence-electron chi connectivity index (χ3n) is 3.12. The first-order valence-corrected chi connectivity index (χ1v) is 6.57. The first kappa shape index (κ1) is 12.3. The van der Waals surface area contributed by atoms with Gasteiger partial charge >= 0.3 is 0 Å². The van der Waals surface area contributed by atoms with E-state index in [4.69, 9.17) is 0 Å². The number of nitrogens with zero attached hydrogens (tertiary/aromatic N) is 3. The Kier molecular flexibility index (Phi) is 3.62. The van der Waals surface area contributed by atoms with Gasteiger partial charge in [0, 0.05) is 29.1 Å². The van der Waals surface area contributed by atoms with Crippen molar-refractivity contribution in [2.45, 2.75) is 26.3 Å². The third-order valence-corrected chi connectivity index (χ3v) is 3.76. The number of anilines is 1. The average Bonchev–Trinajstić information content (AvgIpc) is 2.37. The van der Waals surface area contributed by atoms with E-state index in [-0.39, 0.29) is 0 Å². The normalized spacial score (nSPS) is 12.7. The minimum Gasteiger partial charge on any atom is -0.341 e. The first-order valence-electron chi connectivity index (χ1n) is 5.77. The van der Waals surface area contributed by atoms with Gasteiger partial charge < -0.3 is 4.90 Å². The summed E-state index contributed by atoms with van der Waals surface area (Å²) >= 11 is 3.53. The van der Waals surface area contributed by atoms with Crippen LogP contribution in [-0.4, -0.2) is 23.1 Å². The largest absolute Gasteiger partial charge is 0.341 e. The maximum Gasteiger partial charge on any atom is 0.225 e. The van der Waals surface area contributed by atoms with Gasteiger partial charge in [0.15, 0.2) is 0 Å². The quantitative estimate of drug-likeness (QED) is 0.865. The van der Waals surface area contributed by atoms with Crippen LogP contribution in [0.2, 0.25) is 0 Å². The highest BCUT2D eigenvalue weighted by Gasteiger charge is 2.11. The summed E-state index contributed by atoms with van der Waals surface area (Å²) in [6.07, 6.45) is 2.95. The van der Waals surface area contributed by atoms with Gasteiger partial charge in [-0.2, -0.15) is 0 Å². The molecule has 0 fully saturated rings. The van der Waals surface area contributed by atoms with Gasteiger partial charge in [-0.05, 0) is 35.3 Å². The van der Waals surface area contributed by atoms with Crippen LogP contribution in [0.3, 0.4) is 0 Å². The van der Waals surface area contributed by atoms with Gasteiger partial charge in [-0.3, -0.25) is 0 Å². The average molecular weight is 294 g/mol. The van der Waals surface area contributed by atoms with Crippen molar-refractivity contribution in [1.29, 1.82) is 0 Å². The molecule has 0 N–H and O–H groups in total. The fourth-order valence-electron chi connectivity index (χ4n) is 1.65. The van der Waals surface area contributed by atoms with E-state index < -0.39 is 0 Å². The van der Waals surface area contributed by atoms with Crippen molar-refractivity contribution in [1.82, 2.24) is 9.97 Å². The van der Waals surface area contributed by atoms with Crippen LogP contribution < -0.4 is 4.90 Å². The number of aromatic nitrogens is 2. The third kappa shape index (κ3) is 2.41. The van der Waals surface area contributed by atoms with Crippen LogP contribution in [0.5, 0.6) is 0 Å². The molecule has 2 rings (SSSR count). The highest BCUT2D eigenvalue weighted by atomic mass is 79.9. The molecule has 1 aromatic heterocycles. The van der Waals surface area contributed by atoms with E-state index in [0.717, 1.165) is 27.7 Å². The highest BCUT2D eigenvalue weighted by molar-refractivity contribution is 9.10. The lowest BCUT2D eigenvalue weighted by molar-refractivity contribution is 0.650. The Bertz CT molecular complexity index is 527. The zero-order valence-corrected chi connectivity index (χ0v) is 11.9. The Morgan fingerprint density at radius 3 is 2.88 bits per heavy atom. The van der Waals surface area contributed by atoms with Crippen molar-refractivity contribution < 1.29 is 0 Å². The standard InChI is InChI=1S/C13H16BrN3/c1-4-9(2)17(3)13-15-8-10-6-5-7-11(14)12(10)16-13/h5-9H,4H2,1-3H3. The summed E-state index contributed by atoms with van der Waals surface area (Å²) < 4.78 is 1.01. The number of benzene rings is 1. The van der Waals surface area contributed by atoms with Gasteiger partial charge in [0.1, 0.15) is 0 Å². The maximum absolute atomic E-state index is 4.61. The lowest BCUT2D eigenvalue weighted by atomic mass is 10.2. The predicted octanol–water partition coefficient (Wildman–Crippen LogP) is 3.63. The summed E-state index contributed by atoms with van der Waals surface area (Å²) in [7, 11) is 2.03. The van der Waals surface area contributed by atoms with Crippen LogP contribution in [0, 0.1) is 0 Å². The molecule has 0 aliphatic rings. The lowest BCUT2D eigenvalue weighted by Gasteiger charge is -2.23. The van der Waals surface area contributed by atoms with E-state index in [0.29, 0.717) is 6.04 Å². The van der Waals surface area contributed by atoms with E-state index in [1.807, 2.05) is 31.4 Å². The molecule has 0 aliphatic heterocycles. The van der Waals surface area contributed by atoms with Gasteiger partial charge in [-0.25, -0.2) is 9.97 Å². The molecule has 4 heteroatoms. The molecule has 0 radical (unpaired) electrons. The van der Waals surface area contributed by atoms with E-state index >= 15 is 0 Å². The van der Waals surface area contributed by atoms with E-state index in [1.165, 1.54) is 0 Å². The number of para-hydroxylation sites is 1. The molecule has 17 heavy (non-hydrogen) atoms. The second-order valence-corrected chi connectivity index (χ2v) is 5.07. The van der Waals surface area contributed by atoms with Crippen molar-refractivity contribution in [3.8, 4) is 0 Å². The number of halogens is 1. The Labute approximate surface area is 110 Å². The summed E-state index contributed by atoms with van der Waals surface area (Å²) in [6, 6.07) is 6.46. The minimum absolute atomic E-state index is 0.440. The second kappa shape index (κ2) is 5.00. The molecule has 0 amide bonds. The van der Waals surface area contributed by atoms with E-state index in [9.17, 15) is 0 Å². The van der Waals surface area contributed by atoms with Crippen molar-refractivity contribution in [3.63, 3.8) is 0 Å². The van der Waals surface area contributed by atoms with Crippen molar-refractivity contribution in [2.24, 2.45) is 0 Å². The van der Waals surface area contributed by atoms with Crippen LogP contribution >= 0.6 is 15.9 Å². The Balaban J connectivity index is 2.47. The van der Waals surface area contributed by atoms with Crippen LogP contribution in [0.4, 0.5) is 5.95 Å². The molecule has 1 unspecified atom stereocenters. The number of rotatable bonds is 3. The Hall–Kier alpha value is -1.16. The zero-order valence-electron chi connectivity index (χ0n) is 10.3. The molecule has 0 spiro atoms. The molecule has 1 atom stereocenters. The topological polar surface area (TPSA) is 29.0 Å². The van der Waals surface area contributed by atoms with Gasteiger partial charge in [0.2, 0.25) is 5.95 Å². The van der Waals surface area contributed by atoms with Crippen LogP contribution in [-0.2, 0) is 0 Å². The molecule has 0 saturated heterocycles. The van der Waals surface area contributed by atoms with Gasteiger partial charge in [0.05, 0.1) is 5.52 Å². The molecular weight excluding hydrogens is 278 g/mol. The van der Waals surface area contributed by atoms with E-state index in [1.54, 1.807) is 0 Å². The molecule has 0 saturated carbocycles. The maximum atomic E-state index is 4.61. The minimum atomic E-state index is 0.440. The molecule has 3 nitrogen and oxygen atoms in total. The smallest absolute Gasteiger partial charge is 0.225 e. The Morgan fingerprint density at radius 1 is 1.41 bits per heavy atom. The molecule has 0 bridgehead atoms. The summed E-state index contributed by atoms with van der Waals surface area (Å²) in [5.74, 6) is 0.777. The second-order valence-electron chi connectivity index (χ2n) is 4.22. The van der Waals surface area contributed by atoms with Crippen LogP contribution in [0.25, 0.3) is 10.9 Å². The Morgan fingerprint density at radius 2 is 2.18 bits per heavy atom. The van der Waals surface area contributed by atoms with Gasteiger partial charge in [-0.1, -0.05) is 19.1 Å². The molecule has 1 heterocycles. The fourth-order valence-corrected chi connectivity index (χ4v) is 2.12. The monoisotopic (exact) mass is 293 g/mol. The van der Waals surface area contributed by atoms with Crippen LogP contribution in [0.15, 0.2) is 28.9 Å². The molecule has 2 aromatic rings. The SMILES string of the molecule is CCC(C)N(C)c1ncc2cccc(Br)c2n1. The van der Waals surface area contributed by atoms with Crippen molar-refractivity contribution >= 4 is 32.8 Å². The lowest BCUT2D eigenvalue weighted by Crippen LogP contribution is -2.29. The molecule has 0 aliphatic carbocycles. The van der Waals surface area contributed by atoms with Crippen molar-refractivity contribution in [3.05, 3.63) is 28.9 Å². The van der Waals surface area contributed by atoms with E-state index in [2.05, 4.69) is 44.6 Å². The van der Waals surface area contributed by atoms with Gasteiger partial charge in [0.25, 0.3) is 0 Å². The first-order chi connectivity index (χ1) is 8.13. The molecule has 1 aromatic carbocycles. The molecular formula is C13H16BrN3. The number of fused-ring (bicyclic) bond motifs is 1. The number of hydrogen-bond donors (Lipinski definition) is 0. The number of hydrogen-bond acceptors (Lipinski definition) is 3. The van der Waals surface area contributed by atoms with Crippen LogP contribution in [0.1, 0.15) is 20.3 Å². The van der Waals surface area contributed by atoms with Gasteiger partial charge in [-0.15, -0.1) is 0 Å². The fraction of sp³-hybridized carbons (Fsp3) is 0.385. The summed E-state index contributed by atoms with van der Waals surface area (Å²) in [5.41, 5.74) is 0.965. The zero-order chi connectivity index (χ0) is 12.4. The predicted molar refractivity (Wildman–Crippen MR) is 75.4 cm³/mol. The van der Waals surface area contributed by atoms with Crippen molar-refractivity contribution in [2.75, 3.05) is 11.9 Å². The summed E-state index contributed by atoms with van der Waals surface area (Å²) in [6.45, 7) is 4.34. The highest BCUT2D eigenvalue weighted by Crippen LogP contribution is 2.23. The summed E-state index contributed by atoms with van der Waals surface area (Å²) in [4.78, 5) is 11.1.